The van der Waals surface area contributed by atoms with Crippen LogP contribution in [0, 0.1) is 10.8 Å². The van der Waals surface area contributed by atoms with Crippen molar-refractivity contribution in [3.05, 3.63) is 11.6 Å². The molecule has 0 aromatic heterocycles. The van der Waals surface area contributed by atoms with Gasteiger partial charge in [0, 0.05) is 0 Å². The zero-order valence-corrected chi connectivity index (χ0v) is 9.69. The molecule has 0 aliphatic carbocycles. The summed E-state index contributed by atoms with van der Waals surface area (Å²) in [4.78, 5) is 10.2. The summed E-state index contributed by atoms with van der Waals surface area (Å²) in [6.07, 6.45) is 4.47. The molecule has 0 heterocycles. The van der Waals surface area contributed by atoms with Crippen molar-refractivity contribution in [3.63, 3.8) is 0 Å². The van der Waals surface area contributed by atoms with Crippen LogP contribution in [0.25, 0.3) is 0 Å². The van der Waals surface area contributed by atoms with Crippen molar-refractivity contribution >= 4 is 6.29 Å². The molecule has 1 heteroatoms. The maximum absolute atomic E-state index is 10.2. The van der Waals surface area contributed by atoms with Crippen molar-refractivity contribution in [2.45, 2.75) is 48.0 Å². The predicted molar refractivity (Wildman–Crippen MR) is 57.3 cm³/mol. The summed E-state index contributed by atoms with van der Waals surface area (Å²) in [6, 6.07) is 0. The first-order chi connectivity index (χ1) is 5.69. The molecule has 0 aliphatic heterocycles. The Bertz CT molecular complexity index is 204. The Kier molecular flexibility index (Phi) is 3.89. The Morgan fingerprint density at radius 1 is 1.23 bits per heavy atom. The molecule has 0 saturated heterocycles. The van der Waals surface area contributed by atoms with Crippen LogP contribution in [-0.4, -0.2) is 6.29 Å². The summed E-state index contributed by atoms with van der Waals surface area (Å²) in [6.45, 7) is 13.0. The van der Waals surface area contributed by atoms with Gasteiger partial charge in [0.05, 0.1) is 0 Å². The highest BCUT2D eigenvalue weighted by molar-refractivity contribution is 5.67. The van der Waals surface area contributed by atoms with Gasteiger partial charge in [0.1, 0.15) is 0 Å². The van der Waals surface area contributed by atoms with Crippen LogP contribution in [0.3, 0.4) is 0 Å². The monoisotopic (exact) mass is 181 g/mol. The van der Waals surface area contributed by atoms with E-state index >= 15 is 0 Å². The Morgan fingerprint density at radius 2 is 1.69 bits per heavy atom. The van der Waals surface area contributed by atoms with Gasteiger partial charge in [0.2, 0.25) is 6.29 Å². The van der Waals surface area contributed by atoms with Gasteiger partial charge in [0.25, 0.3) is 0 Å². The van der Waals surface area contributed by atoms with Gasteiger partial charge in [-0.2, -0.15) is 0 Å². The van der Waals surface area contributed by atoms with Gasteiger partial charge in [-0.05, 0) is 30.3 Å². The molecule has 75 valence electrons. The fourth-order valence-electron chi connectivity index (χ4n) is 1.75. The molecule has 0 fully saturated rings. The molecule has 0 saturated carbocycles. The SMILES string of the molecule is CC(=C[C]=O)C(C)(C)CC(C)(C)C. The molecule has 13 heavy (non-hydrogen) atoms. The minimum absolute atomic E-state index is 0.0929. The van der Waals surface area contributed by atoms with E-state index < -0.39 is 0 Å². The molecule has 0 amide bonds. The third-order valence-corrected chi connectivity index (χ3v) is 2.32. The Labute approximate surface area is 82.2 Å². The zero-order chi connectivity index (χ0) is 10.7. The second kappa shape index (κ2) is 4.08. The van der Waals surface area contributed by atoms with Crippen molar-refractivity contribution in [2.75, 3.05) is 0 Å². The van der Waals surface area contributed by atoms with Crippen LogP contribution in [0.5, 0.6) is 0 Å². The van der Waals surface area contributed by atoms with Crippen LogP contribution in [0.2, 0.25) is 0 Å². The van der Waals surface area contributed by atoms with Crippen molar-refractivity contribution in [2.24, 2.45) is 10.8 Å². The average molecular weight is 181 g/mol. The molecule has 0 bridgehead atoms. The van der Waals surface area contributed by atoms with Gasteiger partial charge in [-0.15, -0.1) is 0 Å². The second-order valence-electron chi connectivity index (χ2n) is 5.57. The van der Waals surface area contributed by atoms with E-state index in [9.17, 15) is 4.79 Å². The number of rotatable bonds is 3. The lowest BCUT2D eigenvalue weighted by Gasteiger charge is -2.33. The molecule has 0 aromatic carbocycles. The third kappa shape index (κ3) is 4.87. The standard InChI is InChI=1S/C12H21O/c1-10(7-8-13)12(5,6)9-11(2,3)4/h7H,9H2,1-6H3. The van der Waals surface area contributed by atoms with Gasteiger partial charge in [0.15, 0.2) is 0 Å². The van der Waals surface area contributed by atoms with E-state index in [2.05, 4.69) is 34.6 Å². The van der Waals surface area contributed by atoms with Gasteiger partial charge >= 0.3 is 0 Å². The lowest BCUT2D eigenvalue weighted by Crippen LogP contribution is -2.21. The maximum atomic E-state index is 10.2. The minimum Gasteiger partial charge on any atom is -0.286 e. The summed E-state index contributed by atoms with van der Waals surface area (Å²) in [5.41, 5.74) is 1.49. The largest absolute Gasteiger partial charge is 0.286 e. The van der Waals surface area contributed by atoms with E-state index in [1.54, 1.807) is 6.08 Å². The first kappa shape index (κ1) is 12.4. The third-order valence-electron chi connectivity index (χ3n) is 2.32. The van der Waals surface area contributed by atoms with Crippen LogP contribution in [-0.2, 0) is 4.79 Å². The predicted octanol–water partition coefficient (Wildman–Crippen LogP) is 3.50. The Balaban J connectivity index is 4.57. The average Bonchev–Trinajstić information content (AvgIpc) is 1.82. The van der Waals surface area contributed by atoms with Crippen molar-refractivity contribution < 1.29 is 4.79 Å². The van der Waals surface area contributed by atoms with Crippen LogP contribution >= 0.6 is 0 Å². The number of hydrogen-bond acceptors (Lipinski definition) is 1. The number of hydrogen-bond donors (Lipinski definition) is 0. The van der Waals surface area contributed by atoms with E-state index in [1.165, 1.54) is 0 Å². The lowest BCUT2D eigenvalue weighted by molar-refractivity contribution is 0.250. The van der Waals surface area contributed by atoms with Crippen LogP contribution in [0.1, 0.15) is 48.0 Å². The van der Waals surface area contributed by atoms with Crippen molar-refractivity contribution in [3.8, 4) is 0 Å². The zero-order valence-electron chi connectivity index (χ0n) is 9.69. The van der Waals surface area contributed by atoms with Crippen LogP contribution in [0.4, 0.5) is 0 Å². The van der Waals surface area contributed by atoms with Crippen molar-refractivity contribution in [1.82, 2.24) is 0 Å². The first-order valence-electron chi connectivity index (χ1n) is 4.74. The fourth-order valence-corrected chi connectivity index (χ4v) is 1.75. The van der Waals surface area contributed by atoms with Crippen LogP contribution in [0.15, 0.2) is 11.6 Å². The van der Waals surface area contributed by atoms with Gasteiger partial charge in [-0.1, -0.05) is 40.2 Å². The van der Waals surface area contributed by atoms with Gasteiger partial charge in [-0.3, -0.25) is 4.79 Å². The van der Waals surface area contributed by atoms with Gasteiger partial charge < -0.3 is 0 Å². The van der Waals surface area contributed by atoms with E-state index in [4.69, 9.17) is 0 Å². The van der Waals surface area contributed by atoms with Crippen LogP contribution < -0.4 is 0 Å². The fraction of sp³-hybridized carbons (Fsp3) is 0.750. The Morgan fingerprint density at radius 3 is 2.00 bits per heavy atom. The molecule has 0 rings (SSSR count). The molecular weight excluding hydrogens is 160 g/mol. The summed E-state index contributed by atoms with van der Waals surface area (Å²) in [5.74, 6) is 0. The summed E-state index contributed by atoms with van der Waals surface area (Å²) >= 11 is 0. The lowest BCUT2D eigenvalue weighted by atomic mass is 9.72. The molecule has 0 aromatic rings. The molecule has 1 radical (unpaired) electrons. The van der Waals surface area contributed by atoms with Crippen molar-refractivity contribution in [1.29, 1.82) is 0 Å². The summed E-state index contributed by atoms with van der Waals surface area (Å²) < 4.78 is 0. The quantitative estimate of drug-likeness (QED) is 0.609. The normalized spacial score (nSPS) is 14.5. The highest BCUT2D eigenvalue weighted by Crippen LogP contribution is 2.38. The first-order valence-corrected chi connectivity index (χ1v) is 4.74. The molecule has 1 nitrogen and oxygen atoms in total. The summed E-state index contributed by atoms with van der Waals surface area (Å²) in [7, 11) is 0. The topological polar surface area (TPSA) is 17.1 Å². The van der Waals surface area contributed by atoms with E-state index in [1.807, 2.05) is 13.2 Å². The summed E-state index contributed by atoms with van der Waals surface area (Å²) in [5, 5.41) is 0. The molecule has 0 spiro atoms. The minimum atomic E-state index is 0.0929. The molecule has 0 unspecified atom stereocenters. The highest BCUT2D eigenvalue weighted by atomic mass is 16.1. The van der Waals surface area contributed by atoms with Gasteiger partial charge in [-0.25, -0.2) is 0 Å². The van der Waals surface area contributed by atoms with E-state index in [0.29, 0.717) is 5.41 Å². The Hall–Kier alpha value is -0.590. The molecule has 0 N–H and O–H groups in total. The number of carbonyl (C=O) groups excluding carboxylic acids is 1. The molecule has 0 atom stereocenters. The molecular formula is C12H21O. The van der Waals surface area contributed by atoms with E-state index in [0.717, 1.165) is 12.0 Å². The maximum Gasteiger partial charge on any atom is 0.225 e. The second-order valence-corrected chi connectivity index (χ2v) is 5.57. The number of allylic oxidation sites excluding steroid dienone is 2. The smallest absolute Gasteiger partial charge is 0.225 e. The van der Waals surface area contributed by atoms with E-state index in [-0.39, 0.29) is 5.41 Å². The molecule has 0 aliphatic rings. The highest BCUT2D eigenvalue weighted by Gasteiger charge is 2.26.